The van der Waals surface area contributed by atoms with Crippen molar-refractivity contribution < 1.29 is 0 Å². The van der Waals surface area contributed by atoms with E-state index in [0.717, 1.165) is 19.0 Å². The summed E-state index contributed by atoms with van der Waals surface area (Å²) >= 11 is 5.73. The van der Waals surface area contributed by atoms with E-state index in [-0.39, 0.29) is 12.4 Å². The number of halogens is 2. The zero-order valence-electron chi connectivity index (χ0n) is 9.73. The van der Waals surface area contributed by atoms with E-state index in [0.29, 0.717) is 5.15 Å². The summed E-state index contributed by atoms with van der Waals surface area (Å²) in [7, 11) is 0. The van der Waals surface area contributed by atoms with Gasteiger partial charge in [-0.2, -0.15) is 0 Å². The monoisotopic (exact) mass is 272 g/mol. The van der Waals surface area contributed by atoms with Crippen LogP contribution in [0.5, 0.6) is 0 Å². The van der Waals surface area contributed by atoms with Crippen molar-refractivity contribution in [1.29, 1.82) is 0 Å². The maximum absolute atomic E-state index is 5.73. The molecule has 1 heterocycles. The van der Waals surface area contributed by atoms with Crippen LogP contribution in [0.4, 0.5) is 0 Å². The minimum atomic E-state index is 0. The Morgan fingerprint density at radius 3 is 2.88 bits per heavy atom. The lowest BCUT2D eigenvalue weighted by Gasteiger charge is -2.18. The van der Waals surface area contributed by atoms with Crippen molar-refractivity contribution in [1.82, 2.24) is 10.3 Å². The smallest absolute Gasteiger partial charge is 0.129 e. The summed E-state index contributed by atoms with van der Waals surface area (Å²) in [5.74, 6) is 0.797. The van der Waals surface area contributed by atoms with Gasteiger partial charge < -0.3 is 5.32 Å². The molecule has 0 saturated heterocycles. The van der Waals surface area contributed by atoms with Gasteiger partial charge in [0.05, 0.1) is 0 Å². The molecule has 2 nitrogen and oxygen atoms in total. The zero-order valence-corrected chi connectivity index (χ0v) is 11.3. The van der Waals surface area contributed by atoms with Gasteiger partial charge in [-0.25, -0.2) is 4.98 Å². The van der Waals surface area contributed by atoms with Gasteiger partial charge in [0.2, 0.25) is 0 Å². The van der Waals surface area contributed by atoms with Crippen molar-refractivity contribution in [2.24, 2.45) is 5.92 Å². The molecule has 0 amide bonds. The molecule has 1 aromatic heterocycles. The largest absolute Gasteiger partial charge is 0.312 e. The molecule has 0 spiro atoms. The number of hydrogen-bond acceptors (Lipinski definition) is 2. The average Bonchev–Trinajstić information content (AvgIpc) is 2.33. The van der Waals surface area contributed by atoms with Crippen LogP contribution in [-0.4, -0.2) is 11.5 Å². The lowest BCUT2D eigenvalue weighted by molar-refractivity contribution is 0.440. The predicted molar refractivity (Wildman–Crippen MR) is 74.7 cm³/mol. The standard InChI is InChI=1S/C13H17ClN2.ClH/c14-13-7-6-12(10-16-13)9-15-8-11-4-2-1-3-5-11;/h1-2,6-7,10-11,15H,3-5,8-9H2;1H. The molecule has 0 saturated carbocycles. The van der Waals surface area contributed by atoms with Crippen LogP contribution in [0.25, 0.3) is 0 Å². The third kappa shape index (κ3) is 5.07. The average molecular weight is 273 g/mol. The highest BCUT2D eigenvalue weighted by molar-refractivity contribution is 6.29. The summed E-state index contributed by atoms with van der Waals surface area (Å²) in [5.41, 5.74) is 1.19. The first-order chi connectivity index (χ1) is 7.84. The van der Waals surface area contributed by atoms with Crippen molar-refractivity contribution >= 4 is 24.0 Å². The first-order valence-electron chi connectivity index (χ1n) is 5.81. The van der Waals surface area contributed by atoms with Crippen LogP contribution >= 0.6 is 24.0 Å². The van der Waals surface area contributed by atoms with Crippen LogP contribution < -0.4 is 5.32 Å². The molecule has 0 bridgehead atoms. The third-order valence-electron chi connectivity index (χ3n) is 2.93. The molecular formula is C13H18Cl2N2. The van der Waals surface area contributed by atoms with E-state index >= 15 is 0 Å². The lowest BCUT2D eigenvalue weighted by Crippen LogP contribution is -2.23. The Morgan fingerprint density at radius 1 is 1.35 bits per heavy atom. The van der Waals surface area contributed by atoms with Crippen molar-refractivity contribution in [2.45, 2.75) is 25.8 Å². The second-order valence-corrected chi connectivity index (χ2v) is 4.66. The number of rotatable bonds is 4. The van der Waals surface area contributed by atoms with E-state index in [2.05, 4.69) is 22.5 Å². The molecule has 17 heavy (non-hydrogen) atoms. The Morgan fingerprint density at radius 2 is 2.24 bits per heavy atom. The van der Waals surface area contributed by atoms with E-state index in [9.17, 15) is 0 Å². The topological polar surface area (TPSA) is 24.9 Å². The summed E-state index contributed by atoms with van der Waals surface area (Å²) in [6.07, 6.45) is 10.2. The Balaban J connectivity index is 0.00000144. The molecule has 1 aliphatic carbocycles. The lowest BCUT2D eigenvalue weighted by atomic mass is 9.94. The summed E-state index contributed by atoms with van der Waals surface area (Å²) in [6.45, 7) is 1.97. The van der Waals surface area contributed by atoms with Gasteiger partial charge in [0, 0.05) is 12.7 Å². The fourth-order valence-electron chi connectivity index (χ4n) is 1.97. The maximum atomic E-state index is 5.73. The van der Waals surface area contributed by atoms with Gasteiger partial charge >= 0.3 is 0 Å². The normalized spacial score (nSPS) is 18.8. The first kappa shape index (κ1) is 14.5. The molecule has 1 N–H and O–H groups in total. The van der Waals surface area contributed by atoms with Crippen LogP contribution in [0.15, 0.2) is 30.5 Å². The number of nitrogens with zero attached hydrogens (tertiary/aromatic N) is 1. The molecule has 1 aromatic rings. The van der Waals surface area contributed by atoms with Gasteiger partial charge in [0.25, 0.3) is 0 Å². The molecule has 1 unspecified atom stereocenters. The highest BCUT2D eigenvalue weighted by Crippen LogP contribution is 2.17. The second kappa shape index (κ2) is 7.70. The summed E-state index contributed by atoms with van der Waals surface area (Å²) < 4.78 is 0. The first-order valence-corrected chi connectivity index (χ1v) is 6.18. The van der Waals surface area contributed by atoms with E-state index in [4.69, 9.17) is 11.6 Å². The Kier molecular flexibility index (Phi) is 6.56. The van der Waals surface area contributed by atoms with Crippen LogP contribution in [0.1, 0.15) is 24.8 Å². The molecule has 0 radical (unpaired) electrons. The molecule has 0 fully saturated rings. The highest BCUT2D eigenvalue weighted by atomic mass is 35.5. The molecule has 1 atom stereocenters. The molecule has 0 aliphatic heterocycles. The fraction of sp³-hybridized carbons (Fsp3) is 0.462. The van der Waals surface area contributed by atoms with Gasteiger partial charge in [0.15, 0.2) is 0 Å². The van der Waals surface area contributed by atoms with E-state index < -0.39 is 0 Å². The predicted octanol–water partition coefficient (Wildman–Crippen LogP) is 3.60. The SMILES string of the molecule is Cl.Clc1ccc(CNCC2CC=CCC2)cn1. The van der Waals surface area contributed by atoms with Gasteiger partial charge in [-0.15, -0.1) is 12.4 Å². The van der Waals surface area contributed by atoms with Crippen molar-refractivity contribution in [3.63, 3.8) is 0 Å². The van der Waals surface area contributed by atoms with Crippen molar-refractivity contribution in [3.05, 3.63) is 41.2 Å². The third-order valence-corrected chi connectivity index (χ3v) is 3.15. The quantitative estimate of drug-likeness (QED) is 0.669. The van der Waals surface area contributed by atoms with Crippen LogP contribution in [0.3, 0.4) is 0 Å². The van der Waals surface area contributed by atoms with Gasteiger partial charge in [-0.1, -0.05) is 29.8 Å². The van der Waals surface area contributed by atoms with E-state index in [1.54, 1.807) is 0 Å². The maximum Gasteiger partial charge on any atom is 0.129 e. The van der Waals surface area contributed by atoms with E-state index in [1.807, 2.05) is 18.3 Å². The summed E-state index contributed by atoms with van der Waals surface area (Å²) in [4.78, 5) is 4.06. The number of allylic oxidation sites excluding steroid dienone is 2. The minimum Gasteiger partial charge on any atom is -0.312 e. The Bertz CT molecular complexity index is 349. The van der Waals surface area contributed by atoms with E-state index in [1.165, 1.54) is 24.8 Å². The van der Waals surface area contributed by atoms with Crippen LogP contribution in [-0.2, 0) is 6.54 Å². The second-order valence-electron chi connectivity index (χ2n) is 4.27. The van der Waals surface area contributed by atoms with Crippen LogP contribution in [0, 0.1) is 5.92 Å². The number of pyridine rings is 1. The van der Waals surface area contributed by atoms with Gasteiger partial charge in [0.1, 0.15) is 5.15 Å². The van der Waals surface area contributed by atoms with Crippen molar-refractivity contribution in [3.8, 4) is 0 Å². The number of nitrogens with one attached hydrogen (secondary N) is 1. The number of hydrogen-bond donors (Lipinski definition) is 1. The summed E-state index contributed by atoms with van der Waals surface area (Å²) in [6, 6.07) is 3.85. The van der Waals surface area contributed by atoms with Gasteiger partial charge in [-0.05, 0) is 43.4 Å². The molecule has 94 valence electrons. The Labute approximate surface area is 114 Å². The molecule has 2 rings (SSSR count). The Hall–Kier alpha value is -0.570. The minimum absolute atomic E-state index is 0. The molecular weight excluding hydrogens is 255 g/mol. The van der Waals surface area contributed by atoms with Gasteiger partial charge in [-0.3, -0.25) is 0 Å². The fourth-order valence-corrected chi connectivity index (χ4v) is 2.09. The highest BCUT2D eigenvalue weighted by Gasteiger charge is 2.08. The number of aromatic nitrogens is 1. The van der Waals surface area contributed by atoms with Crippen molar-refractivity contribution in [2.75, 3.05) is 6.54 Å². The zero-order chi connectivity index (χ0) is 11.2. The molecule has 4 heteroatoms. The summed E-state index contributed by atoms with van der Waals surface area (Å²) in [5, 5.41) is 4.03. The molecule has 0 aromatic carbocycles. The van der Waals surface area contributed by atoms with Crippen LogP contribution in [0.2, 0.25) is 5.15 Å². The molecule has 1 aliphatic rings.